The monoisotopic (exact) mass is 324 g/mol. The minimum absolute atomic E-state index is 0.0172. The molecule has 0 saturated carbocycles. The number of nitrogens with two attached hydrogens (primary N) is 1. The summed E-state index contributed by atoms with van der Waals surface area (Å²) in [5.41, 5.74) is 6.50. The Hall–Kier alpha value is -1.77. The van der Waals surface area contributed by atoms with Gasteiger partial charge in [-0.2, -0.15) is 4.31 Å². The number of imidazole rings is 1. The van der Waals surface area contributed by atoms with Crippen LogP contribution in [0.4, 0.5) is 4.39 Å². The lowest BCUT2D eigenvalue weighted by Gasteiger charge is -2.15. The molecule has 1 saturated heterocycles. The Morgan fingerprint density at radius 3 is 2.68 bits per heavy atom. The van der Waals surface area contributed by atoms with Crippen molar-refractivity contribution in [3.8, 4) is 0 Å². The summed E-state index contributed by atoms with van der Waals surface area (Å²) in [5.74, 6) is -0.722. The lowest BCUT2D eigenvalue weighted by atomic mass is 9.94. The average molecular weight is 324 g/mol. The van der Waals surface area contributed by atoms with E-state index in [2.05, 4.69) is 4.98 Å². The number of aromatic nitrogens is 2. The van der Waals surface area contributed by atoms with Crippen LogP contribution in [0.2, 0.25) is 0 Å². The molecule has 0 amide bonds. The zero-order chi connectivity index (χ0) is 15.9. The molecule has 0 spiro atoms. The summed E-state index contributed by atoms with van der Waals surface area (Å²) in [6.45, 7) is 0.304. The smallest absolute Gasteiger partial charge is 0.262 e. The molecule has 1 aliphatic rings. The maximum atomic E-state index is 13.9. The van der Waals surface area contributed by atoms with Gasteiger partial charge in [-0.15, -0.1) is 0 Å². The zero-order valence-corrected chi connectivity index (χ0v) is 12.9. The summed E-state index contributed by atoms with van der Waals surface area (Å²) in [6, 6.07) is 5.88. The number of sulfonamides is 1. The number of aryl methyl sites for hydroxylation is 1. The number of benzene rings is 1. The molecule has 2 atom stereocenters. The van der Waals surface area contributed by atoms with Gasteiger partial charge >= 0.3 is 0 Å². The van der Waals surface area contributed by atoms with E-state index in [4.69, 9.17) is 5.73 Å². The minimum Gasteiger partial charge on any atom is -0.339 e. The predicted octanol–water partition coefficient (Wildman–Crippen LogP) is 0.675. The Kier molecular flexibility index (Phi) is 3.75. The summed E-state index contributed by atoms with van der Waals surface area (Å²) in [5, 5.41) is -0.0172. The van der Waals surface area contributed by atoms with Crippen LogP contribution in [0.3, 0.4) is 0 Å². The standard InChI is InChI=1S/C14H17FN4O2S/c1-18-8-14(17-9-18)22(20,21)19-6-11(13(16)7-19)10-4-2-3-5-12(10)15/h2-5,8-9,11,13H,6-7,16H2,1H3. The van der Waals surface area contributed by atoms with E-state index in [1.807, 2.05) is 0 Å². The number of halogens is 1. The molecule has 8 heteroatoms. The molecule has 6 nitrogen and oxygen atoms in total. The van der Waals surface area contributed by atoms with Crippen molar-refractivity contribution in [1.82, 2.24) is 13.9 Å². The minimum atomic E-state index is -3.71. The molecule has 0 bridgehead atoms. The van der Waals surface area contributed by atoms with Gasteiger partial charge in [-0.05, 0) is 11.6 Å². The van der Waals surface area contributed by atoms with Crippen molar-refractivity contribution in [1.29, 1.82) is 0 Å². The van der Waals surface area contributed by atoms with Crippen molar-refractivity contribution in [2.45, 2.75) is 17.0 Å². The van der Waals surface area contributed by atoms with Crippen molar-refractivity contribution >= 4 is 10.0 Å². The lowest BCUT2D eigenvalue weighted by molar-refractivity contribution is 0.466. The molecule has 0 aliphatic carbocycles. The summed E-state index contributed by atoms with van der Waals surface area (Å²) >= 11 is 0. The second-order valence-electron chi connectivity index (χ2n) is 5.49. The van der Waals surface area contributed by atoms with E-state index in [0.717, 1.165) is 0 Å². The largest absolute Gasteiger partial charge is 0.339 e. The van der Waals surface area contributed by atoms with Crippen LogP contribution in [0.25, 0.3) is 0 Å². The van der Waals surface area contributed by atoms with Gasteiger partial charge < -0.3 is 10.3 Å². The number of rotatable bonds is 3. The van der Waals surface area contributed by atoms with Gasteiger partial charge in [-0.25, -0.2) is 17.8 Å². The maximum Gasteiger partial charge on any atom is 0.262 e. The summed E-state index contributed by atoms with van der Waals surface area (Å²) in [6.07, 6.45) is 2.87. The fourth-order valence-electron chi connectivity index (χ4n) is 2.75. The van der Waals surface area contributed by atoms with Gasteiger partial charge in [0, 0.05) is 38.3 Å². The maximum absolute atomic E-state index is 13.9. The molecule has 1 fully saturated rings. The van der Waals surface area contributed by atoms with Crippen molar-refractivity contribution in [2.75, 3.05) is 13.1 Å². The Bertz CT molecular complexity index is 790. The highest BCUT2D eigenvalue weighted by atomic mass is 32.2. The predicted molar refractivity (Wildman–Crippen MR) is 79.1 cm³/mol. The first-order valence-electron chi connectivity index (χ1n) is 6.87. The summed E-state index contributed by atoms with van der Waals surface area (Å²) in [4.78, 5) is 3.89. The van der Waals surface area contributed by atoms with Crippen LogP contribution < -0.4 is 5.73 Å². The lowest BCUT2D eigenvalue weighted by Crippen LogP contribution is -2.32. The SMILES string of the molecule is Cn1cnc(S(=O)(=O)N2CC(N)C(c3ccccc3F)C2)c1. The summed E-state index contributed by atoms with van der Waals surface area (Å²) < 4.78 is 41.9. The van der Waals surface area contributed by atoms with E-state index in [0.29, 0.717) is 5.56 Å². The van der Waals surface area contributed by atoms with Gasteiger partial charge in [0.1, 0.15) is 5.82 Å². The Labute approximate surface area is 128 Å². The van der Waals surface area contributed by atoms with Crippen molar-refractivity contribution in [2.24, 2.45) is 12.8 Å². The molecule has 2 heterocycles. The highest BCUT2D eigenvalue weighted by Gasteiger charge is 2.40. The van der Waals surface area contributed by atoms with Crippen LogP contribution in [-0.2, 0) is 17.1 Å². The first-order valence-corrected chi connectivity index (χ1v) is 8.31. The fraction of sp³-hybridized carbons (Fsp3) is 0.357. The molecule has 1 aromatic heterocycles. The van der Waals surface area contributed by atoms with Gasteiger partial charge in [0.2, 0.25) is 0 Å². The van der Waals surface area contributed by atoms with E-state index in [1.54, 1.807) is 29.8 Å². The van der Waals surface area contributed by atoms with E-state index >= 15 is 0 Å². The van der Waals surface area contributed by atoms with Gasteiger partial charge in [-0.3, -0.25) is 0 Å². The Morgan fingerprint density at radius 2 is 2.05 bits per heavy atom. The van der Waals surface area contributed by atoms with Crippen molar-refractivity contribution < 1.29 is 12.8 Å². The molecule has 1 aliphatic heterocycles. The topological polar surface area (TPSA) is 81.2 Å². The molecule has 2 aromatic rings. The third-order valence-corrected chi connectivity index (χ3v) is 5.64. The number of hydrogen-bond acceptors (Lipinski definition) is 4. The first-order chi connectivity index (χ1) is 10.4. The number of hydrogen-bond donors (Lipinski definition) is 1. The van der Waals surface area contributed by atoms with Crippen LogP contribution >= 0.6 is 0 Å². The highest BCUT2D eigenvalue weighted by Crippen LogP contribution is 2.31. The average Bonchev–Trinajstić information content (AvgIpc) is 3.06. The van der Waals surface area contributed by atoms with E-state index in [-0.39, 0.29) is 29.9 Å². The van der Waals surface area contributed by atoms with Crippen molar-refractivity contribution in [3.05, 3.63) is 48.2 Å². The molecular formula is C14H17FN4O2S. The Morgan fingerprint density at radius 1 is 1.32 bits per heavy atom. The molecule has 2 unspecified atom stereocenters. The van der Waals surface area contributed by atoms with E-state index < -0.39 is 16.1 Å². The fourth-order valence-corrected chi connectivity index (χ4v) is 4.22. The first kappa shape index (κ1) is 15.1. The van der Waals surface area contributed by atoms with Gasteiger partial charge in [0.25, 0.3) is 10.0 Å². The third-order valence-electron chi connectivity index (χ3n) is 3.92. The van der Waals surface area contributed by atoms with Crippen LogP contribution in [0.1, 0.15) is 11.5 Å². The molecule has 3 rings (SSSR count). The van der Waals surface area contributed by atoms with E-state index in [9.17, 15) is 12.8 Å². The zero-order valence-electron chi connectivity index (χ0n) is 12.1. The highest BCUT2D eigenvalue weighted by molar-refractivity contribution is 7.89. The van der Waals surface area contributed by atoms with Gasteiger partial charge in [0.05, 0.1) is 6.33 Å². The third kappa shape index (κ3) is 2.53. The second-order valence-corrected chi connectivity index (χ2v) is 7.38. The van der Waals surface area contributed by atoms with E-state index in [1.165, 1.54) is 22.9 Å². The molecule has 1 aromatic carbocycles. The van der Waals surface area contributed by atoms with Crippen molar-refractivity contribution in [3.63, 3.8) is 0 Å². The van der Waals surface area contributed by atoms with Crippen LogP contribution in [-0.4, -0.2) is 41.4 Å². The second kappa shape index (κ2) is 5.45. The molecular weight excluding hydrogens is 307 g/mol. The van der Waals surface area contributed by atoms with Gasteiger partial charge in [0.15, 0.2) is 5.03 Å². The summed E-state index contributed by atoms with van der Waals surface area (Å²) in [7, 11) is -2.01. The normalized spacial score (nSPS) is 23.0. The van der Waals surface area contributed by atoms with Gasteiger partial charge in [-0.1, -0.05) is 18.2 Å². The van der Waals surface area contributed by atoms with Crippen LogP contribution in [0, 0.1) is 5.82 Å². The van der Waals surface area contributed by atoms with Crippen LogP contribution in [0.15, 0.2) is 41.8 Å². The number of nitrogens with zero attached hydrogens (tertiary/aromatic N) is 3. The molecule has 2 N–H and O–H groups in total. The molecule has 22 heavy (non-hydrogen) atoms. The quantitative estimate of drug-likeness (QED) is 0.900. The molecule has 0 radical (unpaired) electrons. The Balaban J connectivity index is 1.89. The molecule has 118 valence electrons. The van der Waals surface area contributed by atoms with Crippen LogP contribution in [0.5, 0.6) is 0 Å².